The largest absolute Gasteiger partial charge is 0.493 e. The molecule has 3 N–H and O–H groups in total. The van der Waals surface area contributed by atoms with Crippen LogP contribution < -0.4 is 20.5 Å². The van der Waals surface area contributed by atoms with Crippen molar-refractivity contribution >= 4 is 5.91 Å². The minimum atomic E-state index is -0.484. The van der Waals surface area contributed by atoms with Crippen LogP contribution in [0, 0.1) is 5.92 Å². The van der Waals surface area contributed by atoms with Crippen molar-refractivity contribution in [3.63, 3.8) is 0 Å². The lowest BCUT2D eigenvalue weighted by Crippen LogP contribution is -2.46. The van der Waals surface area contributed by atoms with Crippen LogP contribution in [-0.2, 0) is 16.1 Å². The zero-order valence-corrected chi connectivity index (χ0v) is 15.5. The number of rotatable bonds is 7. The Labute approximate surface area is 159 Å². The summed E-state index contributed by atoms with van der Waals surface area (Å²) in [6.45, 7) is 1.79. The maximum atomic E-state index is 12.3. The molecule has 3 rings (SSSR count). The van der Waals surface area contributed by atoms with Gasteiger partial charge in [0.05, 0.1) is 13.2 Å². The molecule has 1 fully saturated rings. The maximum absolute atomic E-state index is 12.3. The molecule has 1 heterocycles. The van der Waals surface area contributed by atoms with Crippen molar-refractivity contribution in [2.45, 2.75) is 25.4 Å². The van der Waals surface area contributed by atoms with Crippen LogP contribution in [0.2, 0.25) is 0 Å². The molecule has 2 aromatic carbocycles. The van der Waals surface area contributed by atoms with Gasteiger partial charge >= 0.3 is 0 Å². The van der Waals surface area contributed by atoms with Gasteiger partial charge in [0.1, 0.15) is 5.75 Å². The summed E-state index contributed by atoms with van der Waals surface area (Å²) in [7, 11) is 1.61. The van der Waals surface area contributed by atoms with E-state index in [-0.39, 0.29) is 11.8 Å². The number of nitrogens with two attached hydrogens (primary N) is 1. The van der Waals surface area contributed by atoms with E-state index in [0.717, 1.165) is 18.4 Å². The highest BCUT2D eigenvalue weighted by Gasteiger charge is 2.26. The molecular formula is C21H26N2O4. The first-order valence-corrected chi connectivity index (χ1v) is 9.18. The molecule has 1 atom stereocenters. The van der Waals surface area contributed by atoms with Gasteiger partial charge in [0.25, 0.3) is 0 Å². The summed E-state index contributed by atoms with van der Waals surface area (Å²) >= 11 is 0. The van der Waals surface area contributed by atoms with Crippen molar-refractivity contribution in [3.05, 3.63) is 54.1 Å². The Morgan fingerprint density at radius 3 is 2.48 bits per heavy atom. The third-order valence-corrected chi connectivity index (χ3v) is 4.76. The van der Waals surface area contributed by atoms with E-state index in [1.54, 1.807) is 7.11 Å². The van der Waals surface area contributed by atoms with E-state index in [9.17, 15) is 4.79 Å². The first-order valence-electron chi connectivity index (χ1n) is 9.18. The van der Waals surface area contributed by atoms with Crippen molar-refractivity contribution in [3.8, 4) is 17.2 Å². The van der Waals surface area contributed by atoms with E-state index in [2.05, 4.69) is 5.32 Å². The number of para-hydroxylation sites is 2. The van der Waals surface area contributed by atoms with Crippen LogP contribution in [0.15, 0.2) is 48.5 Å². The van der Waals surface area contributed by atoms with Crippen LogP contribution in [0.4, 0.5) is 0 Å². The molecule has 1 unspecified atom stereocenters. The van der Waals surface area contributed by atoms with Crippen LogP contribution >= 0.6 is 0 Å². The highest BCUT2D eigenvalue weighted by Crippen LogP contribution is 2.30. The second-order valence-corrected chi connectivity index (χ2v) is 6.59. The molecule has 0 spiro atoms. The van der Waals surface area contributed by atoms with Crippen molar-refractivity contribution in [2.75, 3.05) is 20.3 Å². The molecule has 1 aliphatic rings. The molecule has 6 heteroatoms. The second kappa shape index (κ2) is 9.39. The van der Waals surface area contributed by atoms with Gasteiger partial charge in [-0.25, -0.2) is 0 Å². The average Bonchev–Trinajstić information content (AvgIpc) is 2.73. The number of carbonyl (C=O) groups is 1. The predicted molar refractivity (Wildman–Crippen MR) is 103 cm³/mol. The summed E-state index contributed by atoms with van der Waals surface area (Å²) in [4.78, 5) is 12.3. The van der Waals surface area contributed by atoms with Gasteiger partial charge < -0.3 is 25.3 Å². The minimum Gasteiger partial charge on any atom is -0.493 e. The van der Waals surface area contributed by atoms with Gasteiger partial charge in [0.15, 0.2) is 11.5 Å². The number of hydrogen-bond acceptors (Lipinski definition) is 5. The van der Waals surface area contributed by atoms with Gasteiger partial charge in [0.2, 0.25) is 5.91 Å². The van der Waals surface area contributed by atoms with Crippen LogP contribution in [0.3, 0.4) is 0 Å². The SMILES string of the molecule is COc1ccccc1Oc1ccc(CNC(=O)C(N)C2CCOCC2)cc1. The maximum Gasteiger partial charge on any atom is 0.237 e. The quantitative estimate of drug-likeness (QED) is 0.783. The monoisotopic (exact) mass is 370 g/mol. The Morgan fingerprint density at radius 1 is 1.15 bits per heavy atom. The van der Waals surface area contributed by atoms with E-state index in [1.807, 2.05) is 48.5 Å². The fourth-order valence-electron chi connectivity index (χ4n) is 3.10. The Hall–Kier alpha value is -2.57. The second-order valence-electron chi connectivity index (χ2n) is 6.59. The lowest BCUT2D eigenvalue weighted by Gasteiger charge is -2.26. The molecule has 0 aliphatic carbocycles. The van der Waals surface area contributed by atoms with Gasteiger partial charge in [-0.15, -0.1) is 0 Å². The fourth-order valence-corrected chi connectivity index (χ4v) is 3.10. The first kappa shape index (κ1) is 19.2. The van der Waals surface area contributed by atoms with Crippen LogP contribution in [0.5, 0.6) is 17.2 Å². The molecule has 6 nitrogen and oxygen atoms in total. The molecule has 0 aromatic heterocycles. The molecule has 0 bridgehead atoms. The van der Waals surface area contributed by atoms with Gasteiger partial charge in [-0.2, -0.15) is 0 Å². The topological polar surface area (TPSA) is 82.8 Å². The lowest BCUT2D eigenvalue weighted by molar-refractivity contribution is -0.124. The standard InChI is InChI=1S/C21H26N2O4/c1-25-18-4-2-3-5-19(18)27-17-8-6-15(7-9-17)14-23-21(24)20(22)16-10-12-26-13-11-16/h2-9,16,20H,10-14,22H2,1H3,(H,23,24). The molecule has 144 valence electrons. The average molecular weight is 370 g/mol. The Balaban J connectivity index is 1.52. The van der Waals surface area contributed by atoms with Gasteiger partial charge in [-0.3, -0.25) is 4.79 Å². The number of hydrogen-bond donors (Lipinski definition) is 2. The molecule has 1 aliphatic heterocycles. The molecule has 1 amide bonds. The fraction of sp³-hybridized carbons (Fsp3) is 0.381. The van der Waals surface area contributed by atoms with E-state index < -0.39 is 6.04 Å². The minimum absolute atomic E-state index is 0.115. The lowest BCUT2D eigenvalue weighted by atomic mass is 9.92. The highest BCUT2D eigenvalue weighted by molar-refractivity contribution is 5.81. The number of benzene rings is 2. The zero-order chi connectivity index (χ0) is 19.1. The number of nitrogens with one attached hydrogen (secondary N) is 1. The predicted octanol–water partition coefficient (Wildman–Crippen LogP) is 2.86. The third-order valence-electron chi connectivity index (χ3n) is 4.76. The molecular weight excluding hydrogens is 344 g/mol. The van der Waals surface area contributed by atoms with Crippen molar-refractivity contribution in [2.24, 2.45) is 11.7 Å². The Morgan fingerprint density at radius 2 is 1.81 bits per heavy atom. The van der Waals surface area contributed by atoms with Gasteiger partial charge in [-0.05, 0) is 48.6 Å². The number of methoxy groups -OCH3 is 1. The highest BCUT2D eigenvalue weighted by atomic mass is 16.5. The summed E-state index contributed by atoms with van der Waals surface area (Å²) in [6.07, 6.45) is 1.67. The zero-order valence-electron chi connectivity index (χ0n) is 15.5. The summed E-state index contributed by atoms with van der Waals surface area (Å²) in [5.41, 5.74) is 7.08. The van der Waals surface area contributed by atoms with Crippen molar-refractivity contribution in [1.82, 2.24) is 5.32 Å². The van der Waals surface area contributed by atoms with Crippen molar-refractivity contribution < 1.29 is 19.0 Å². The summed E-state index contributed by atoms with van der Waals surface area (Å²) in [6, 6.07) is 14.6. The molecule has 27 heavy (non-hydrogen) atoms. The number of carbonyl (C=O) groups excluding carboxylic acids is 1. The van der Waals surface area contributed by atoms with Gasteiger partial charge in [-0.1, -0.05) is 24.3 Å². The van der Waals surface area contributed by atoms with Crippen LogP contribution in [0.25, 0.3) is 0 Å². The normalized spacial score (nSPS) is 15.8. The number of amides is 1. The van der Waals surface area contributed by atoms with E-state index in [1.165, 1.54) is 0 Å². The van der Waals surface area contributed by atoms with Crippen LogP contribution in [0.1, 0.15) is 18.4 Å². The van der Waals surface area contributed by atoms with Crippen molar-refractivity contribution in [1.29, 1.82) is 0 Å². The molecule has 0 radical (unpaired) electrons. The number of ether oxygens (including phenoxy) is 3. The molecule has 2 aromatic rings. The molecule has 1 saturated heterocycles. The summed E-state index contributed by atoms with van der Waals surface area (Å²) in [5, 5.41) is 2.92. The Kier molecular flexibility index (Phi) is 6.68. The molecule has 0 saturated carbocycles. The van der Waals surface area contributed by atoms with E-state index in [4.69, 9.17) is 19.9 Å². The van der Waals surface area contributed by atoms with Gasteiger partial charge in [0, 0.05) is 19.8 Å². The third kappa shape index (κ3) is 5.21. The van der Waals surface area contributed by atoms with E-state index >= 15 is 0 Å². The smallest absolute Gasteiger partial charge is 0.237 e. The van der Waals surface area contributed by atoms with Crippen LogP contribution in [-0.4, -0.2) is 32.3 Å². The van der Waals surface area contributed by atoms with E-state index in [0.29, 0.717) is 37.0 Å². The summed E-state index contributed by atoms with van der Waals surface area (Å²) < 4.78 is 16.5. The first-order chi connectivity index (χ1) is 13.2. The summed E-state index contributed by atoms with van der Waals surface area (Å²) in [5.74, 6) is 2.11. The Bertz CT molecular complexity index is 742.